The van der Waals surface area contributed by atoms with Gasteiger partial charge in [-0.15, -0.1) is 0 Å². The number of aliphatic hydroxyl groups excluding tert-OH is 2. The molecule has 10 nitrogen and oxygen atoms in total. The number of nitrogens with zero attached hydrogens (tertiary/aromatic N) is 4. The molecule has 4 atom stereocenters. The highest BCUT2D eigenvalue weighted by Crippen LogP contribution is 2.33. The number of benzene rings is 1. The summed E-state index contributed by atoms with van der Waals surface area (Å²) in [6, 6.07) is 8.09. The van der Waals surface area contributed by atoms with Crippen molar-refractivity contribution < 1.29 is 28.9 Å². The fraction of sp³-hybridized carbons (Fsp3) is 0.250. The number of nitrogens with two attached hydrogens (primary N) is 1. The number of rotatable bonds is 3. The van der Waals surface area contributed by atoms with Gasteiger partial charge in [-0.25, -0.2) is 9.78 Å². The summed E-state index contributed by atoms with van der Waals surface area (Å²) in [5, 5.41) is 20.5. The van der Waals surface area contributed by atoms with E-state index < -0.39 is 36.8 Å². The molecule has 1 fully saturated rings. The average molecular weight is 375 g/mol. The van der Waals surface area contributed by atoms with Gasteiger partial charge in [0.2, 0.25) is 6.29 Å². The molecule has 1 aliphatic rings. The summed E-state index contributed by atoms with van der Waals surface area (Å²) in [6.07, 6.45) is -5.58. The molecule has 0 bridgehead atoms. The molecule has 1 saturated heterocycles. The first kappa shape index (κ1) is 17.3. The molecule has 11 heteroatoms. The number of fused-ring (bicyclic) bond motifs is 1. The highest BCUT2D eigenvalue weighted by Gasteiger charge is 2.46. The van der Waals surface area contributed by atoms with Gasteiger partial charge in [-0.1, -0.05) is 18.2 Å². The number of hydrogen-bond donors (Lipinski definition) is 3. The van der Waals surface area contributed by atoms with Crippen LogP contribution >= 0.6 is 0 Å². The van der Waals surface area contributed by atoms with E-state index in [0.717, 1.165) is 0 Å². The van der Waals surface area contributed by atoms with Crippen LogP contribution in [0, 0.1) is 6.08 Å². The Labute approximate surface area is 151 Å². The Morgan fingerprint density at radius 3 is 2.70 bits per heavy atom. The molecular formula is C16H14FN5O5. The SMILES string of the molecule is Nc1nc(F)nc2c1ncn2[C@@H]1O[C@H](OC(=O)c2ccccc2)[C@@H](O)[C@H]1O. The third-order valence-electron chi connectivity index (χ3n) is 4.12. The summed E-state index contributed by atoms with van der Waals surface area (Å²) in [7, 11) is 0. The molecule has 27 heavy (non-hydrogen) atoms. The monoisotopic (exact) mass is 375 g/mol. The van der Waals surface area contributed by atoms with Crippen LogP contribution in [0.15, 0.2) is 36.7 Å². The number of carbonyl (C=O) groups is 1. The normalized spacial score (nSPS) is 25.0. The summed E-state index contributed by atoms with van der Waals surface area (Å²) in [6.45, 7) is 0. The summed E-state index contributed by atoms with van der Waals surface area (Å²) in [5.41, 5.74) is 5.92. The van der Waals surface area contributed by atoms with Crippen LogP contribution in [0.1, 0.15) is 16.6 Å². The van der Waals surface area contributed by atoms with E-state index in [1.807, 2.05) is 0 Å². The van der Waals surface area contributed by atoms with Gasteiger partial charge >= 0.3 is 12.0 Å². The number of aliphatic hydroxyl groups is 2. The lowest BCUT2D eigenvalue weighted by Gasteiger charge is -2.16. The van der Waals surface area contributed by atoms with Crippen LogP contribution in [0.25, 0.3) is 11.2 Å². The minimum Gasteiger partial charge on any atom is -0.429 e. The van der Waals surface area contributed by atoms with Crippen LogP contribution in [0.3, 0.4) is 0 Å². The zero-order chi connectivity index (χ0) is 19.1. The number of halogens is 1. The second kappa shape index (κ2) is 6.54. The predicted octanol–water partition coefficient (Wildman–Crippen LogP) is -0.0187. The number of anilines is 1. The fourth-order valence-electron chi connectivity index (χ4n) is 2.80. The molecule has 2 aromatic heterocycles. The molecule has 1 aliphatic heterocycles. The predicted molar refractivity (Wildman–Crippen MR) is 87.5 cm³/mol. The first-order valence-electron chi connectivity index (χ1n) is 7.89. The number of esters is 1. The Morgan fingerprint density at radius 2 is 1.96 bits per heavy atom. The summed E-state index contributed by atoms with van der Waals surface area (Å²) in [5.74, 6) is -0.919. The Balaban J connectivity index is 1.60. The van der Waals surface area contributed by atoms with E-state index in [1.54, 1.807) is 18.2 Å². The Kier molecular flexibility index (Phi) is 4.18. The van der Waals surface area contributed by atoms with Crippen molar-refractivity contribution >= 4 is 23.0 Å². The number of nitrogen functional groups attached to an aromatic ring is 1. The van der Waals surface area contributed by atoms with Crippen LogP contribution in [0.2, 0.25) is 0 Å². The first-order valence-corrected chi connectivity index (χ1v) is 7.89. The highest BCUT2D eigenvalue weighted by atomic mass is 19.1. The zero-order valence-corrected chi connectivity index (χ0v) is 13.6. The molecule has 0 amide bonds. The maximum atomic E-state index is 13.5. The van der Waals surface area contributed by atoms with Crippen molar-refractivity contribution in [3.05, 3.63) is 48.3 Å². The maximum absolute atomic E-state index is 13.5. The second-order valence-corrected chi connectivity index (χ2v) is 5.85. The summed E-state index contributed by atoms with van der Waals surface area (Å²) in [4.78, 5) is 23.1. The van der Waals surface area contributed by atoms with Crippen LogP contribution in [0.4, 0.5) is 10.2 Å². The van der Waals surface area contributed by atoms with Gasteiger partial charge < -0.3 is 25.4 Å². The van der Waals surface area contributed by atoms with Gasteiger partial charge in [0.1, 0.15) is 12.2 Å². The minimum atomic E-state index is -1.54. The van der Waals surface area contributed by atoms with Gasteiger partial charge in [0.05, 0.1) is 11.9 Å². The van der Waals surface area contributed by atoms with Crippen molar-refractivity contribution in [1.82, 2.24) is 19.5 Å². The van der Waals surface area contributed by atoms with Crippen molar-refractivity contribution in [3.8, 4) is 0 Å². The van der Waals surface area contributed by atoms with E-state index in [0.29, 0.717) is 0 Å². The molecule has 1 aromatic carbocycles. The minimum absolute atomic E-state index is 0.0358. The topological polar surface area (TPSA) is 146 Å². The number of aromatic nitrogens is 4. The zero-order valence-electron chi connectivity index (χ0n) is 13.6. The lowest BCUT2D eigenvalue weighted by Crippen LogP contribution is -2.34. The van der Waals surface area contributed by atoms with Gasteiger partial charge in [0, 0.05) is 0 Å². The number of imidazole rings is 1. The summed E-state index contributed by atoms with van der Waals surface area (Å²) >= 11 is 0. The van der Waals surface area contributed by atoms with Crippen LogP contribution in [0.5, 0.6) is 0 Å². The molecule has 0 radical (unpaired) electrons. The Bertz CT molecular complexity index is 998. The van der Waals surface area contributed by atoms with Crippen LogP contribution in [-0.4, -0.2) is 54.2 Å². The molecular weight excluding hydrogens is 361 g/mol. The van der Waals surface area contributed by atoms with Crippen molar-refractivity contribution in [2.75, 3.05) is 5.73 Å². The van der Waals surface area contributed by atoms with E-state index in [9.17, 15) is 19.4 Å². The maximum Gasteiger partial charge on any atom is 0.340 e. The van der Waals surface area contributed by atoms with Gasteiger partial charge in [-0.05, 0) is 12.1 Å². The molecule has 140 valence electrons. The smallest absolute Gasteiger partial charge is 0.340 e. The molecule has 0 unspecified atom stereocenters. The quantitative estimate of drug-likeness (QED) is 0.425. The molecule has 4 N–H and O–H groups in total. The molecule has 4 rings (SSSR count). The average Bonchev–Trinajstić information content (AvgIpc) is 3.19. The second-order valence-electron chi connectivity index (χ2n) is 5.85. The van der Waals surface area contributed by atoms with Crippen LogP contribution in [-0.2, 0) is 9.47 Å². The lowest BCUT2D eigenvalue weighted by atomic mass is 10.2. The molecule has 0 saturated carbocycles. The van der Waals surface area contributed by atoms with Gasteiger partial charge in [-0.2, -0.15) is 14.4 Å². The van der Waals surface area contributed by atoms with Crippen molar-refractivity contribution in [2.24, 2.45) is 0 Å². The molecule has 0 aliphatic carbocycles. The summed E-state index contributed by atoms with van der Waals surface area (Å²) < 4.78 is 25.3. The highest BCUT2D eigenvalue weighted by molar-refractivity contribution is 5.89. The third-order valence-corrected chi connectivity index (χ3v) is 4.12. The molecule has 3 heterocycles. The number of ether oxygens (including phenoxy) is 2. The standard InChI is InChI=1S/C16H14FN5O5/c17-16-20-11(18)8-12(21-16)22(6-19-8)13-9(23)10(24)15(26-13)27-14(25)7-4-2-1-3-5-7/h1-6,9-10,13,15,23-24H,(H2,18,20,21)/t9-,10+,13-,15-/m1/s1. The number of carbonyl (C=O) groups excluding carboxylic acids is 1. The molecule has 0 spiro atoms. The van der Waals surface area contributed by atoms with Crippen LogP contribution < -0.4 is 5.73 Å². The molecule has 3 aromatic rings. The van der Waals surface area contributed by atoms with E-state index in [1.165, 1.54) is 23.0 Å². The van der Waals surface area contributed by atoms with Crippen molar-refractivity contribution in [1.29, 1.82) is 0 Å². The lowest BCUT2D eigenvalue weighted by molar-refractivity contribution is -0.146. The van der Waals surface area contributed by atoms with E-state index in [2.05, 4.69) is 15.0 Å². The Morgan fingerprint density at radius 1 is 1.22 bits per heavy atom. The van der Waals surface area contributed by atoms with E-state index in [4.69, 9.17) is 15.2 Å². The Hall–Kier alpha value is -3.15. The number of hydrogen-bond acceptors (Lipinski definition) is 9. The fourth-order valence-corrected chi connectivity index (χ4v) is 2.80. The largest absolute Gasteiger partial charge is 0.429 e. The van der Waals surface area contributed by atoms with Gasteiger partial charge in [0.25, 0.3) is 0 Å². The first-order chi connectivity index (χ1) is 13.0. The van der Waals surface area contributed by atoms with Crippen molar-refractivity contribution in [3.63, 3.8) is 0 Å². The van der Waals surface area contributed by atoms with Crippen molar-refractivity contribution in [2.45, 2.75) is 24.7 Å². The third kappa shape index (κ3) is 2.97. The van der Waals surface area contributed by atoms with E-state index in [-0.39, 0.29) is 22.5 Å². The van der Waals surface area contributed by atoms with E-state index >= 15 is 0 Å². The van der Waals surface area contributed by atoms with Gasteiger partial charge in [0.15, 0.2) is 23.2 Å². The van der Waals surface area contributed by atoms with Gasteiger partial charge in [-0.3, -0.25) is 4.57 Å².